The lowest BCUT2D eigenvalue weighted by atomic mass is 9.76. The summed E-state index contributed by atoms with van der Waals surface area (Å²) in [5.74, 6) is 0.968. The first kappa shape index (κ1) is 35.0. The molecule has 1 saturated carbocycles. The molecular weight excluding hydrogens is 699 g/mol. The van der Waals surface area contributed by atoms with Crippen LogP contribution >= 0.6 is 0 Å². The zero-order valence-electron chi connectivity index (χ0n) is 26.3. The Hall–Kier alpha value is -4.45. The van der Waals surface area contributed by atoms with E-state index in [-0.39, 0.29) is 54.3 Å². The summed E-state index contributed by atoms with van der Waals surface area (Å²) < 4.78 is 138. The SMILES string of the molecule is FC(F)(F)C1(c2ccc(OCC3CC(COc4ccc(C5(C(F)(F)F)N=N5)cc4)CC(COc4ccc(C5(C(F)(F)F)NN5)cc4)C3)cc2)N=N1. The summed E-state index contributed by atoms with van der Waals surface area (Å²) in [6.07, 6.45) is -11.9. The topological polar surface area (TPSA) is 121 Å². The monoisotopic (exact) mass is 728 g/mol. The number of hydrogen-bond acceptors (Lipinski definition) is 9. The average Bonchev–Trinajstić information content (AvgIpc) is 3.94. The molecule has 2 unspecified atom stereocenters. The van der Waals surface area contributed by atoms with Crippen molar-refractivity contribution in [3.63, 3.8) is 0 Å². The standard InChI is InChI=1S/C33H29F9N6O3/c34-31(35,36)28(43-44-28)22-1-7-25(8-2-22)49-16-19-13-20(17-50-26-9-3-23(4-10-26)29(45-46-29)32(37,38)39)15-21(14-19)18-51-27-11-5-24(6-12-27)30(47-48-30)33(40,41)42/h1-12,19-21,43-44H,13-18H2. The number of ether oxygens (including phenoxy) is 3. The molecule has 0 spiro atoms. The van der Waals surface area contributed by atoms with Crippen LogP contribution in [0.3, 0.4) is 0 Å². The van der Waals surface area contributed by atoms with Crippen LogP contribution in [0.25, 0.3) is 0 Å². The van der Waals surface area contributed by atoms with Crippen LogP contribution in [0.5, 0.6) is 17.2 Å². The first-order valence-corrected chi connectivity index (χ1v) is 15.9. The quantitative estimate of drug-likeness (QED) is 0.143. The summed E-state index contributed by atoms with van der Waals surface area (Å²) in [6, 6.07) is 16.3. The number of halogens is 9. The van der Waals surface area contributed by atoms with Crippen molar-refractivity contribution < 1.29 is 53.7 Å². The number of nitrogens with one attached hydrogen (secondary N) is 2. The van der Waals surface area contributed by atoms with E-state index in [0.29, 0.717) is 36.5 Å². The highest BCUT2D eigenvalue weighted by molar-refractivity contribution is 5.37. The van der Waals surface area contributed by atoms with Gasteiger partial charge in [-0.25, -0.2) is 10.9 Å². The van der Waals surface area contributed by atoms with Gasteiger partial charge in [-0.15, -0.1) is 20.5 Å². The van der Waals surface area contributed by atoms with Crippen LogP contribution in [0.15, 0.2) is 93.3 Å². The van der Waals surface area contributed by atoms with E-state index in [1.165, 1.54) is 72.8 Å². The molecule has 0 amide bonds. The van der Waals surface area contributed by atoms with Crippen molar-refractivity contribution >= 4 is 0 Å². The lowest BCUT2D eigenvalue weighted by Crippen LogP contribution is -2.34. The number of benzene rings is 3. The van der Waals surface area contributed by atoms with E-state index in [1.54, 1.807) is 0 Å². The van der Waals surface area contributed by atoms with Gasteiger partial charge in [-0.2, -0.15) is 39.5 Å². The molecule has 1 aliphatic carbocycles. The van der Waals surface area contributed by atoms with E-state index in [1.807, 2.05) is 0 Å². The molecule has 0 aromatic heterocycles. The molecule has 3 aromatic rings. The smallest absolute Gasteiger partial charge is 0.442 e. The normalized spacial score (nSPS) is 24.1. The molecule has 18 heteroatoms. The van der Waals surface area contributed by atoms with E-state index in [2.05, 4.69) is 31.3 Å². The molecule has 51 heavy (non-hydrogen) atoms. The first-order valence-electron chi connectivity index (χ1n) is 15.9. The second-order valence-electron chi connectivity index (χ2n) is 13.0. The molecule has 9 nitrogen and oxygen atoms in total. The minimum atomic E-state index is -4.65. The largest absolute Gasteiger partial charge is 0.493 e. The van der Waals surface area contributed by atoms with Crippen LogP contribution < -0.4 is 25.1 Å². The van der Waals surface area contributed by atoms with Crippen molar-refractivity contribution in [1.29, 1.82) is 0 Å². The van der Waals surface area contributed by atoms with E-state index in [9.17, 15) is 39.5 Å². The second-order valence-corrected chi connectivity index (χ2v) is 13.0. The summed E-state index contributed by atoms with van der Waals surface area (Å²) >= 11 is 0. The number of alkyl halides is 9. The van der Waals surface area contributed by atoms with Gasteiger partial charge in [-0.1, -0.05) is 36.4 Å². The third kappa shape index (κ3) is 6.82. The fourth-order valence-electron chi connectivity index (χ4n) is 6.52. The van der Waals surface area contributed by atoms with Crippen LogP contribution in [0.2, 0.25) is 0 Å². The third-order valence-corrected chi connectivity index (χ3v) is 9.45. The Kier molecular flexibility index (Phi) is 8.47. The minimum absolute atomic E-state index is 0.0144. The second kappa shape index (κ2) is 12.4. The molecule has 0 bridgehead atoms. The third-order valence-electron chi connectivity index (χ3n) is 9.45. The van der Waals surface area contributed by atoms with Crippen molar-refractivity contribution in [2.24, 2.45) is 38.2 Å². The molecule has 0 radical (unpaired) electrons. The van der Waals surface area contributed by atoms with Gasteiger partial charge in [0.15, 0.2) is 0 Å². The van der Waals surface area contributed by atoms with Crippen LogP contribution in [-0.4, -0.2) is 38.3 Å². The Morgan fingerprint density at radius 2 is 0.765 bits per heavy atom. The Morgan fingerprint density at radius 1 is 0.471 bits per heavy atom. The summed E-state index contributed by atoms with van der Waals surface area (Å²) in [7, 11) is 0. The predicted molar refractivity (Wildman–Crippen MR) is 159 cm³/mol. The Morgan fingerprint density at radius 3 is 1.00 bits per heavy atom. The summed E-state index contributed by atoms with van der Waals surface area (Å²) in [4.78, 5) is 0. The van der Waals surface area contributed by atoms with Crippen LogP contribution in [0.4, 0.5) is 39.5 Å². The van der Waals surface area contributed by atoms with Crippen LogP contribution in [-0.2, 0) is 17.0 Å². The van der Waals surface area contributed by atoms with Gasteiger partial charge in [0.05, 0.1) is 19.8 Å². The zero-order valence-corrected chi connectivity index (χ0v) is 26.3. The van der Waals surface area contributed by atoms with Crippen molar-refractivity contribution in [2.75, 3.05) is 19.8 Å². The van der Waals surface area contributed by atoms with E-state index >= 15 is 0 Å². The van der Waals surface area contributed by atoms with E-state index in [0.717, 1.165) is 0 Å². The molecule has 3 aliphatic heterocycles. The van der Waals surface area contributed by atoms with Gasteiger partial charge in [-0.05, 0) is 79.0 Å². The number of hydrazine groups is 1. The summed E-state index contributed by atoms with van der Waals surface area (Å²) in [6.45, 7) is 0.678. The lowest BCUT2D eigenvalue weighted by Gasteiger charge is -2.34. The number of hydrogen-bond donors (Lipinski definition) is 2. The van der Waals surface area contributed by atoms with Crippen molar-refractivity contribution in [3.8, 4) is 17.2 Å². The Balaban J connectivity index is 0.986. The molecule has 2 atom stereocenters. The minimum Gasteiger partial charge on any atom is -0.493 e. The van der Waals surface area contributed by atoms with E-state index in [4.69, 9.17) is 14.2 Å². The summed E-state index contributed by atoms with van der Waals surface area (Å²) in [5, 5.41) is 12.8. The first-order chi connectivity index (χ1) is 24.0. The van der Waals surface area contributed by atoms with Gasteiger partial charge in [0.2, 0.25) is 5.66 Å². The Labute approximate surface area is 284 Å². The van der Waals surface area contributed by atoms with Crippen LogP contribution in [0.1, 0.15) is 36.0 Å². The molecule has 1 saturated heterocycles. The maximum atomic E-state index is 13.4. The predicted octanol–water partition coefficient (Wildman–Crippen LogP) is 8.44. The molecule has 272 valence electrons. The van der Waals surface area contributed by atoms with Crippen LogP contribution in [0, 0.1) is 17.8 Å². The van der Waals surface area contributed by atoms with E-state index < -0.39 is 35.5 Å². The highest BCUT2D eigenvalue weighted by atomic mass is 19.4. The maximum Gasteiger partial charge on any atom is 0.442 e. The molecular formula is C33H29F9N6O3. The summed E-state index contributed by atoms with van der Waals surface area (Å²) in [5.41, 5.74) is -3.32. The van der Waals surface area contributed by atoms with Crippen molar-refractivity contribution in [3.05, 3.63) is 89.5 Å². The van der Waals surface area contributed by atoms with Gasteiger partial charge in [-0.3, -0.25) is 0 Å². The van der Waals surface area contributed by atoms with Gasteiger partial charge in [0.25, 0.3) is 0 Å². The number of nitrogens with zero attached hydrogens (tertiary/aromatic N) is 4. The highest BCUT2D eigenvalue weighted by Gasteiger charge is 2.66. The van der Waals surface area contributed by atoms with Gasteiger partial charge >= 0.3 is 29.9 Å². The van der Waals surface area contributed by atoms with Crippen molar-refractivity contribution in [1.82, 2.24) is 10.9 Å². The molecule has 3 aromatic carbocycles. The highest BCUT2D eigenvalue weighted by Crippen LogP contribution is 2.53. The van der Waals surface area contributed by atoms with Gasteiger partial charge in [0, 0.05) is 11.1 Å². The molecule has 2 N–H and O–H groups in total. The maximum absolute atomic E-state index is 13.4. The molecule has 7 rings (SSSR count). The fourth-order valence-corrected chi connectivity index (χ4v) is 6.52. The molecule has 4 aliphatic rings. The number of rotatable bonds is 12. The zero-order chi connectivity index (χ0) is 36.3. The lowest BCUT2D eigenvalue weighted by molar-refractivity contribution is -0.166. The van der Waals surface area contributed by atoms with Gasteiger partial charge < -0.3 is 14.2 Å². The molecule has 2 fully saturated rings. The average molecular weight is 729 g/mol. The van der Waals surface area contributed by atoms with Crippen molar-refractivity contribution in [2.45, 2.75) is 54.8 Å². The molecule has 3 heterocycles. The fraction of sp³-hybridized carbons (Fsp3) is 0.455. The Bertz CT molecular complexity index is 1570. The van der Waals surface area contributed by atoms with Gasteiger partial charge in [0.1, 0.15) is 17.2 Å².